The number of carbonyl (C=O) groups excluding carboxylic acids is 2. The smallest absolute Gasteiger partial charge is 0.352 e. The molecule has 270 valence electrons. The number of esters is 2. The van der Waals surface area contributed by atoms with Crippen molar-refractivity contribution in [2.45, 2.75) is 179 Å². The molecule has 8 heteroatoms. The van der Waals surface area contributed by atoms with Crippen LogP contribution in [0, 0.1) is 6.92 Å². The predicted molar refractivity (Wildman–Crippen MR) is 189 cm³/mol. The van der Waals surface area contributed by atoms with Gasteiger partial charge in [-0.05, 0) is 58.8 Å². The summed E-state index contributed by atoms with van der Waals surface area (Å²) in [5, 5.41) is 22.5. The van der Waals surface area contributed by atoms with E-state index in [1.54, 1.807) is 6.08 Å². The number of carbonyl (C=O) groups is 2. The number of piperidine rings is 1. The van der Waals surface area contributed by atoms with Crippen LogP contribution >= 0.6 is 0 Å². The Bertz CT molecular complexity index is 1250. The molecule has 4 rings (SSSR count). The number of aryl methyl sites for hydroxylation is 1. The number of benzene rings is 1. The molecular weight excluding hydrogens is 606 g/mol. The number of ether oxygens (including phenoxy) is 3. The molecule has 0 radical (unpaired) electrons. The average Bonchev–Trinajstić information content (AvgIpc) is 3.44. The van der Waals surface area contributed by atoms with Crippen molar-refractivity contribution in [3.8, 4) is 5.75 Å². The van der Waals surface area contributed by atoms with Gasteiger partial charge >= 0.3 is 11.9 Å². The Morgan fingerprint density at radius 3 is 2.15 bits per heavy atom. The molecule has 1 spiro atoms. The van der Waals surface area contributed by atoms with Gasteiger partial charge in [0.15, 0.2) is 12.2 Å². The first-order valence-corrected chi connectivity index (χ1v) is 19.0. The average molecular weight is 670 g/mol. The first-order chi connectivity index (χ1) is 23.1. The lowest BCUT2D eigenvalue weighted by molar-refractivity contribution is -0.171. The highest BCUT2D eigenvalue weighted by atomic mass is 16.6. The Kier molecular flexibility index (Phi) is 14.4. The molecule has 0 amide bonds. The van der Waals surface area contributed by atoms with E-state index in [1.807, 2.05) is 33.0 Å². The number of likely N-dealkylation sites (tertiary alicyclic amines) is 1. The fourth-order valence-corrected chi connectivity index (χ4v) is 8.34. The van der Waals surface area contributed by atoms with Crippen molar-refractivity contribution in [2.75, 3.05) is 13.6 Å². The second-order valence-electron chi connectivity index (χ2n) is 14.8. The summed E-state index contributed by atoms with van der Waals surface area (Å²) in [7, 11) is 2.01. The van der Waals surface area contributed by atoms with Crippen molar-refractivity contribution in [3.63, 3.8) is 0 Å². The minimum atomic E-state index is -1.18. The van der Waals surface area contributed by atoms with Crippen LogP contribution in [0.3, 0.4) is 0 Å². The molecule has 8 nitrogen and oxygen atoms in total. The summed E-state index contributed by atoms with van der Waals surface area (Å²) in [5.41, 5.74) is 0.442. The second kappa shape index (κ2) is 18.0. The van der Waals surface area contributed by atoms with Crippen LogP contribution < -0.4 is 4.74 Å². The van der Waals surface area contributed by atoms with Crippen LogP contribution in [-0.2, 0) is 31.1 Å². The lowest BCUT2D eigenvalue weighted by Gasteiger charge is -2.58. The van der Waals surface area contributed by atoms with Crippen LogP contribution in [0.2, 0.25) is 0 Å². The molecule has 1 fully saturated rings. The van der Waals surface area contributed by atoms with Gasteiger partial charge in [-0.2, -0.15) is 0 Å². The molecule has 3 aliphatic rings. The van der Waals surface area contributed by atoms with Crippen molar-refractivity contribution in [1.82, 2.24) is 4.90 Å². The van der Waals surface area contributed by atoms with Gasteiger partial charge in [0.25, 0.3) is 0 Å². The maximum atomic E-state index is 13.3. The van der Waals surface area contributed by atoms with Gasteiger partial charge in [0.05, 0.1) is 17.6 Å². The number of unbranched alkanes of at least 4 members (excludes halogenated alkanes) is 14. The molecule has 0 bridgehead atoms. The molecule has 1 saturated heterocycles. The Morgan fingerprint density at radius 2 is 1.56 bits per heavy atom. The van der Waals surface area contributed by atoms with Gasteiger partial charge in [-0.15, -0.1) is 0 Å². The predicted octanol–water partition coefficient (Wildman–Crippen LogP) is 7.97. The van der Waals surface area contributed by atoms with E-state index < -0.39 is 35.2 Å². The molecule has 2 heterocycles. The topological polar surface area (TPSA) is 106 Å². The molecule has 0 unspecified atom stereocenters. The molecule has 2 N–H and O–H groups in total. The van der Waals surface area contributed by atoms with E-state index in [0.29, 0.717) is 23.5 Å². The maximum Gasteiger partial charge on any atom is 0.352 e. The quantitative estimate of drug-likeness (QED) is 0.106. The summed E-state index contributed by atoms with van der Waals surface area (Å²) in [6, 6.07) is 3.61. The molecule has 1 aromatic rings. The molecule has 0 aromatic heterocycles. The normalized spacial score (nSPS) is 25.4. The SMILES string of the molecule is CCCCCCCCCCCCCCCCCC(=O)O[C@@H](C)C(=O)OC1=CC[C@@]2(O)[C@@H](C)N(C)CC[C@@]23c2c(C)ccc(CO)c2O[C@@H]13. The zero-order valence-corrected chi connectivity index (χ0v) is 30.5. The van der Waals surface area contributed by atoms with Crippen LogP contribution in [0.4, 0.5) is 0 Å². The highest BCUT2D eigenvalue weighted by Gasteiger charge is 2.69. The van der Waals surface area contributed by atoms with Gasteiger partial charge in [-0.25, -0.2) is 4.79 Å². The lowest BCUT2D eigenvalue weighted by Crippen LogP contribution is -2.71. The number of hydrogen-bond acceptors (Lipinski definition) is 8. The van der Waals surface area contributed by atoms with Gasteiger partial charge in [0.2, 0.25) is 0 Å². The molecule has 0 saturated carbocycles. The fourth-order valence-electron chi connectivity index (χ4n) is 8.34. The lowest BCUT2D eigenvalue weighted by atomic mass is 9.54. The fraction of sp³-hybridized carbons (Fsp3) is 0.750. The number of rotatable bonds is 20. The summed E-state index contributed by atoms with van der Waals surface area (Å²) < 4.78 is 18.0. The number of aliphatic hydroxyl groups excluding tert-OH is 1. The van der Waals surface area contributed by atoms with Crippen LogP contribution in [0.25, 0.3) is 0 Å². The van der Waals surface area contributed by atoms with Gasteiger partial charge in [0.1, 0.15) is 11.5 Å². The minimum Gasteiger partial charge on any atom is -0.481 e. The van der Waals surface area contributed by atoms with Gasteiger partial charge in [0, 0.05) is 30.0 Å². The standard InChI is InChI=1S/C40H63NO7/c1-6-7-8-9-10-11-12-13-14-15-16-17-18-19-20-21-34(43)46-30(3)38(44)47-33-24-25-40(45)31(4)41(5)27-26-39(40)35-29(2)22-23-32(28-42)36(35)48-37(33)39/h22-24,30-31,37,42,45H,6-21,25-28H2,1-5H3/t30-,31+,37-,39-,40+/m0/s1. The molecule has 1 aliphatic carbocycles. The number of likely N-dealkylation sites (N-methyl/N-ethyl adjacent to an activating group) is 1. The summed E-state index contributed by atoms with van der Waals surface area (Å²) in [6.07, 6.45) is 20.0. The maximum absolute atomic E-state index is 13.3. The Labute approximate surface area is 289 Å². The summed E-state index contributed by atoms with van der Waals surface area (Å²) in [4.78, 5) is 28.0. The summed E-state index contributed by atoms with van der Waals surface area (Å²) in [5.74, 6) is -0.170. The third-order valence-corrected chi connectivity index (χ3v) is 11.4. The number of aliphatic hydroxyl groups is 2. The third-order valence-electron chi connectivity index (χ3n) is 11.4. The van der Waals surface area contributed by atoms with E-state index in [-0.39, 0.29) is 25.5 Å². The van der Waals surface area contributed by atoms with E-state index in [4.69, 9.17) is 14.2 Å². The zero-order valence-electron chi connectivity index (χ0n) is 30.5. The van der Waals surface area contributed by atoms with Crippen molar-refractivity contribution >= 4 is 11.9 Å². The van der Waals surface area contributed by atoms with E-state index in [1.165, 1.54) is 84.0 Å². The Morgan fingerprint density at radius 1 is 0.979 bits per heavy atom. The number of nitrogens with zero attached hydrogens (tertiary/aromatic N) is 1. The van der Waals surface area contributed by atoms with Crippen LogP contribution in [0.15, 0.2) is 24.0 Å². The van der Waals surface area contributed by atoms with Crippen molar-refractivity contribution in [2.24, 2.45) is 0 Å². The molecular formula is C40H63NO7. The number of hydrogen-bond donors (Lipinski definition) is 2. The molecule has 48 heavy (non-hydrogen) atoms. The molecule has 5 atom stereocenters. The van der Waals surface area contributed by atoms with Gasteiger partial charge in [-0.3, -0.25) is 4.79 Å². The van der Waals surface area contributed by atoms with E-state index in [0.717, 1.165) is 36.9 Å². The third kappa shape index (κ3) is 8.47. The van der Waals surface area contributed by atoms with E-state index in [9.17, 15) is 19.8 Å². The first kappa shape index (κ1) is 38.4. The van der Waals surface area contributed by atoms with Crippen LogP contribution in [0.5, 0.6) is 5.75 Å². The van der Waals surface area contributed by atoms with Crippen molar-refractivity contribution in [3.05, 3.63) is 40.7 Å². The van der Waals surface area contributed by atoms with Gasteiger partial charge < -0.3 is 29.3 Å². The summed E-state index contributed by atoms with van der Waals surface area (Å²) >= 11 is 0. The minimum absolute atomic E-state index is 0.187. The highest BCUT2D eigenvalue weighted by Crippen LogP contribution is 2.61. The van der Waals surface area contributed by atoms with E-state index >= 15 is 0 Å². The largest absolute Gasteiger partial charge is 0.481 e. The van der Waals surface area contributed by atoms with Gasteiger partial charge in [-0.1, -0.05) is 109 Å². The summed E-state index contributed by atoms with van der Waals surface area (Å²) in [6.45, 7) is 8.34. The molecule has 1 aromatic carbocycles. The van der Waals surface area contributed by atoms with Crippen molar-refractivity contribution in [1.29, 1.82) is 0 Å². The second-order valence-corrected chi connectivity index (χ2v) is 14.8. The highest BCUT2D eigenvalue weighted by molar-refractivity contribution is 5.80. The Balaban J connectivity index is 1.21. The van der Waals surface area contributed by atoms with Crippen LogP contribution in [-0.4, -0.2) is 64.5 Å². The van der Waals surface area contributed by atoms with Crippen LogP contribution in [0.1, 0.15) is 153 Å². The van der Waals surface area contributed by atoms with Crippen molar-refractivity contribution < 1.29 is 34.0 Å². The van der Waals surface area contributed by atoms with E-state index in [2.05, 4.69) is 11.8 Å². The Hall–Kier alpha value is -2.42. The molecule has 2 aliphatic heterocycles. The monoisotopic (exact) mass is 669 g/mol. The number of fused-ring (bicyclic) bond motifs is 1. The zero-order chi connectivity index (χ0) is 34.7. The first-order valence-electron chi connectivity index (χ1n) is 19.0.